The van der Waals surface area contributed by atoms with Crippen molar-refractivity contribution in [1.82, 2.24) is 0 Å². The molecule has 4 nitrogen and oxygen atoms in total. The van der Waals surface area contributed by atoms with Crippen molar-refractivity contribution < 1.29 is 19.4 Å². The van der Waals surface area contributed by atoms with Crippen LogP contribution in [0, 0.1) is 5.92 Å². The van der Waals surface area contributed by atoms with Gasteiger partial charge in [-0.25, -0.2) is 0 Å². The SMILES string of the molecule is CC(=O)C1CO[C@@H]2C(O)CO[C@H]12. The van der Waals surface area contributed by atoms with Crippen molar-refractivity contribution in [3.8, 4) is 0 Å². The third-order valence-corrected chi connectivity index (χ3v) is 2.55. The molecule has 2 saturated heterocycles. The van der Waals surface area contributed by atoms with Crippen LogP contribution in [0.1, 0.15) is 6.92 Å². The van der Waals surface area contributed by atoms with E-state index < -0.39 is 6.10 Å². The highest BCUT2D eigenvalue weighted by atomic mass is 16.6. The maximum atomic E-state index is 11.1. The quantitative estimate of drug-likeness (QED) is 0.571. The number of carbonyl (C=O) groups is 1. The summed E-state index contributed by atoms with van der Waals surface area (Å²) in [5.41, 5.74) is 0. The molecule has 4 atom stereocenters. The number of ketones is 1. The topological polar surface area (TPSA) is 55.8 Å². The van der Waals surface area contributed by atoms with Gasteiger partial charge in [0.2, 0.25) is 0 Å². The zero-order chi connectivity index (χ0) is 8.72. The van der Waals surface area contributed by atoms with Gasteiger partial charge in [0.05, 0.1) is 25.2 Å². The summed E-state index contributed by atoms with van der Waals surface area (Å²) >= 11 is 0. The first-order valence-electron chi connectivity index (χ1n) is 4.12. The molecule has 0 bridgehead atoms. The van der Waals surface area contributed by atoms with Crippen LogP contribution in [0.2, 0.25) is 0 Å². The first kappa shape index (κ1) is 8.16. The van der Waals surface area contributed by atoms with Crippen LogP contribution in [0.15, 0.2) is 0 Å². The zero-order valence-corrected chi connectivity index (χ0v) is 6.90. The molecule has 0 aliphatic carbocycles. The second-order valence-corrected chi connectivity index (χ2v) is 3.38. The Morgan fingerprint density at radius 3 is 2.67 bits per heavy atom. The van der Waals surface area contributed by atoms with Crippen LogP contribution in [0.25, 0.3) is 0 Å². The Morgan fingerprint density at radius 2 is 2.00 bits per heavy atom. The van der Waals surface area contributed by atoms with Crippen molar-refractivity contribution in [2.24, 2.45) is 5.92 Å². The summed E-state index contributed by atoms with van der Waals surface area (Å²) in [5, 5.41) is 9.34. The molecular weight excluding hydrogens is 160 g/mol. The molecule has 0 radical (unpaired) electrons. The molecule has 2 rings (SSSR count). The monoisotopic (exact) mass is 172 g/mol. The predicted molar refractivity (Wildman–Crippen MR) is 39.7 cm³/mol. The summed E-state index contributed by atoms with van der Waals surface area (Å²) in [6.45, 7) is 2.21. The van der Waals surface area contributed by atoms with Crippen LogP contribution in [0.3, 0.4) is 0 Å². The molecule has 0 spiro atoms. The third kappa shape index (κ3) is 1.07. The predicted octanol–water partition coefficient (Wildman–Crippen LogP) is -0.650. The molecule has 0 amide bonds. The molecule has 0 aromatic carbocycles. The van der Waals surface area contributed by atoms with Gasteiger partial charge in [0.1, 0.15) is 18.0 Å². The fraction of sp³-hybridized carbons (Fsp3) is 0.875. The molecule has 0 aromatic rings. The van der Waals surface area contributed by atoms with E-state index in [1.807, 2.05) is 0 Å². The molecule has 68 valence electrons. The first-order valence-corrected chi connectivity index (χ1v) is 4.12. The van der Waals surface area contributed by atoms with Crippen LogP contribution >= 0.6 is 0 Å². The third-order valence-electron chi connectivity index (χ3n) is 2.55. The second kappa shape index (κ2) is 2.80. The number of rotatable bonds is 1. The van der Waals surface area contributed by atoms with Crippen molar-refractivity contribution in [2.75, 3.05) is 13.2 Å². The van der Waals surface area contributed by atoms with E-state index in [2.05, 4.69) is 0 Å². The number of carbonyl (C=O) groups excluding carboxylic acids is 1. The van der Waals surface area contributed by atoms with Gasteiger partial charge in [-0.05, 0) is 6.92 Å². The summed E-state index contributed by atoms with van der Waals surface area (Å²) in [4.78, 5) is 11.1. The number of hydrogen-bond acceptors (Lipinski definition) is 4. The molecule has 2 aliphatic rings. The lowest BCUT2D eigenvalue weighted by atomic mass is 9.98. The molecule has 2 aliphatic heterocycles. The van der Waals surface area contributed by atoms with Gasteiger partial charge in [-0.3, -0.25) is 4.79 Å². The number of Topliss-reactive ketones (excluding diaryl/α,β-unsaturated/α-hetero) is 1. The molecule has 0 saturated carbocycles. The minimum absolute atomic E-state index is 0.0802. The maximum absolute atomic E-state index is 11.1. The van der Waals surface area contributed by atoms with E-state index >= 15 is 0 Å². The summed E-state index contributed by atoms with van der Waals surface area (Å²) in [6, 6.07) is 0. The largest absolute Gasteiger partial charge is 0.388 e. The molecule has 2 unspecified atom stereocenters. The Kier molecular flexibility index (Phi) is 1.90. The summed E-state index contributed by atoms with van der Waals surface area (Å²) in [7, 11) is 0. The summed E-state index contributed by atoms with van der Waals surface area (Å²) in [5.74, 6) is -0.0937. The van der Waals surface area contributed by atoms with Crippen molar-refractivity contribution in [2.45, 2.75) is 25.2 Å². The lowest BCUT2D eigenvalue weighted by Crippen LogP contribution is -2.31. The summed E-state index contributed by atoms with van der Waals surface area (Å²) in [6.07, 6.45) is -1.05. The van der Waals surface area contributed by atoms with E-state index in [4.69, 9.17) is 9.47 Å². The highest BCUT2D eigenvalue weighted by molar-refractivity contribution is 5.79. The normalized spacial score (nSPS) is 46.2. The van der Waals surface area contributed by atoms with Gasteiger partial charge in [0.15, 0.2) is 0 Å². The first-order chi connectivity index (χ1) is 5.70. The Bertz CT molecular complexity index is 203. The lowest BCUT2D eigenvalue weighted by molar-refractivity contribution is -0.123. The highest BCUT2D eigenvalue weighted by Gasteiger charge is 2.48. The zero-order valence-electron chi connectivity index (χ0n) is 6.90. The van der Waals surface area contributed by atoms with Crippen LogP contribution < -0.4 is 0 Å². The van der Waals surface area contributed by atoms with E-state index in [0.717, 1.165) is 0 Å². The minimum atomic E-state index is -0.556. The van der Waals surface area contributed by atoms with Gasteiger partial charge in [-0.15, -0.1) is 0 Å². The fourth-order valence-electron chi connectivity index (χ4n) is 1.83. The Morgan fingerprint density at radius 1 is 1.33 bits per heavy atom. The maximum Gasteiger partial charge on any atom is 0.137 e. The second-order valence-electron chi connectivity index (χ2n) is 3.38. The average Bonchev–Trinajstić information content (AvgIpc) is 2.53. The standard InChI is InChI=1S/C8H12O4/c1-4(9)5-2-11-8-6(10)3-12-7(5)8/h5-8,10H,2-3H2,1H3/t5?,6?,7-,8-/m1/s1. The van der Waals surface area contributed by atoms with Crippen LogP contribution in [-0.2, 0) is 14.3 Å². The van der Waals surface area contributed by atoms with E-state index in [-0.39, 0.29) is 23.9 Å². The van der Waals surface area contributed by atoms with Crippen LogP contribution in [0.5, 0.6) is 0 Å². The molecule has 2 fully saturated rings. The Balaban J connectivity index is 2.10. The van der Waals surface area contributed by atoms with Crippen LogP contribution in [0.4, 0.5) is 0 Å². The number of aliphatic hydroxyl groups is 1. The molecular formula is C8H12O4. The number of ether oxygens (including phenoxy) is 2. The van der Waals surface area contributed by atoms with E-state index in [1.54, 1.807) is 0 Å². The van der Waals surface area contributed by atoms with Crippen molar-refractivity contribution >= 4 is 5.78 Å². The lowest BCUT2D eigenvalue weighted by Gasteiger charge is -2.11. The molecule has 0 aromatic heterocycles. The molecule has 12 heavy (non-hydrogen) atoms. The van der Waals surface area contributed by atoms with Crippen LogP contribution in [-0.4, -0.2) is 42.4 Å². The summed E-state index contributed by atoms with van der Waals surface area (Å²) < 4.78 is 10.5. The van der Waals surface area contributed by atoms with Gasteiger partial charge >= 0.3 is 0 Å². The molecule has 1 N–H and O–H groups in total. The fourth-order valence-corrected chi connectivity index (χ4v) is 1.83. The van der Waals surface area contributed by atoms with E-state index in [0.29, 0.717) is 13.2 Å². The van der Waals surface area contributed by atoms with Crippen molar-refractivity contribution in [3.63, 3.8) is 0 Å². The van der Waals surface area contributed by atoms with Gasteiger partial charge in [0.25, 0.3) is 0 Å². The van der Waals surface area contributed by atoms with Gasteiger partial charge in [-0.1, -0.05) is 0 Å². The van der Waals surface area contributed by atoms with E-state index in [9.17, 15) is 9.90 Å². The highest BCUT2D eigenvalue weighted by Crippen LogP contribution is 2.31. The van der Waals surface area contributed by atoms with Crippen molar-refractivity contribution in [3.05, 3.63) is 0 Å². The Hall–Kier alpha value is -0.450. The molecule has 4 heteroatoms. The smallest absolute Gasteiger partial charge is 0.137 e. The number of hydrogen-bond donors (Lipinski definition) is 1. The Labute approximate surface area is 70.5 Å². The van der Waals surface area contributed by atoms with Gasteiger partial charge in [-0.2, -0.15) is 0 Å². The minimum Gasteiger partial charge on any atom is -0.388 e. The van der Waals surface area contributed by atoms with Crippen molar-refractivity contribution in [1.29, 1.82) is 0 Å². The number of aliphatic hydroxyl groups excluding tert-OH is 1. The average molecular weight is 172 g/mol. The van der Waals surface area contributed by atoms with Gasteiger partial charge in [0, 0.05) is 0 Å². The van der Waals surface area contributed by atoms with E-state index in [1.165, 1.54) is 6.92 Å². The van der Waals surface area contributed by atoms with Gasteiger partial charge < -0.3 is 14.6 Å². The number of fused-ring (bicyclic) bond motifs is 1. The molecule has 2 heterocycles.